The molecule has 5 atom stereocenters. The molecular weight excluding hydrogens is 607 g/mol. The normalized spacial score (nSPS) is 21.4. The van der Waals surface area contributed by atoms with Crippen molar-refractivity contribution < 1.29 is 37.7 Å². The Morgan fingerprint density at radius 3 is 2.21 bits per heavy atom. The zero-order valence-corrected chi connectivity index (χ0v) is 26.2. The Bertz CT molecular complexity index is 1420. The Kier molecular flexibility index (Phi) is 12.1. The topological polar surface area (TPSA) is 136 Å². The van der Waals surface area contributed by atoms with Crippen molar-refractivity contribution in [3.05, 3.63) is 102 Å². The second-order valence-corrected chi connectivity index (χ2v) is 11.6. The molecule has 12 heteroatoms. The summed E-state index contributed by atoms with van der Waals surface area (Å²) in [7, 11) is 1.27. The summed E-state index contributed by atoms with van der Waals surface area (Å²) in [4.78, 5) is 38.5. The zero-order valence-electron chi connectivity index (χ0n) is 26.2. The predicted octanol–water partition coefficient (Wildman–Crippen LogP) is 3.93. The fourth-order valence-corrected chi connectivity index (χ4v) is 5.76. The number of benzene rings is 3. The molecule has 0 radical (unpaired) electrons. The summed E-state index contributed by atoms with van der Waals surface area (Å²) in [5, 5.41) is 11.7. The first-order chi connectivity index (χ1) is 22.9. The lowest BCUT2D eigenvalue weighted by atomic mass is 9.84. The van der Waals surface area contributed by atoms with Gasteiger partial charge in [0.15, 0.2) is 0 Å². The van der Waals surface area contributed by atoms with Gasteiger partial charge in [-0.25, -0.2) is 14.0 Å². The molecule has 47 heavy (non-hydrogen) atoms. The number of morpholine rings is 1. The van der Waals surface area contributed by atoms with Crippen molar-refractivity contribution in [2.24, 2.45) is 0 Å². The van der Waals surface area contributed by atoms with E-state index >= 15 is 0 Å². The Morgan fingerprint density at radius 1 is 0.915 bits per heavy atom. The van der Waals surface area contributed by atoms with Crippen LogP contribution in [0.15, 0.2) is 84.9 Å². The van der Waals surface area contributed by atoms with Crippen LogP contribution in [0.5, 0.6) is 0 Å². The molecule has 3 aromatic carbocycles. The predicted molar refractivity (Wildman–Crippen MR) is 173 cm³/mol. The van der Waals surface area contributed by atoms with Gasteiger partial charge in [0.05, 0.1) is 45.1 Å². The quantitative estimate of drug-likeness (QED) is 0.232. The van der Waals surface area contributed by atoms with Gasteiger partial charge in [-0.05, 0) is 35.6 Å². The largest absolute Gasteiger partial charge is 0.453 e. The van der Waals surface area contributed by atoms with Crippen LogP contribution < -0.4 is 21.3 Å². The number of methoxy groups -OCH3 is 1. The molecule has 2 heterocycles. The van der Waals surface area contributed by atoms with Gasteiger partial charge in [0, 0.05) is 18.2 Å². The monoisotopic (exact) mass is 648 g/mol. The molecule has 2 aliphatic heterocycles. The third-order valence-corrected chi connectivity index (χ3v) is 8.30. The van der Waals surface area contributed by atoms with Gasteiger partial charge in [0.25, 0.3) is 0 Å². The summed E-state index contributed by atoms with van der Waals surface area (Å²) in [5.41, 5.74) is 3.29. The highest BCUT2D eigenvalue weighted by atomic mass is 19.1. The number of alkyl halides is 1. The molecule has 250 valence electrons. The number of nitrogens with one attached hydrogen (secondary N) is 4. The SMILES string of the molecule is COC(=O)N[C@H](C(=O)Nc1ccccc1CC[C@@H]1CN[C@H](COC(=O)N[C@H]2COC[C@@H]2F)CO1)C(c1ccccc1)c1ccccc1. The summed E-state index contributed by atoms with van der Waals surface area (Å²) < 4.78 is 34.8. The smallest absolute Gasteiger partial charge is 0.407 e. The van der Waals surface area contributed by atoms with Gasteiger partial charge in [0.2, 0.25) is 5.91 Å². The number of carbonyl (C=O) groups is 3. The van der Waals surface area contributed by atoms with Crippen molar-refractivity contribution >= 4 is 23.8 Å². The number of alkyl carbamates (subject to hydrolysis) is 2. The summed E-state index contributed by atoms with van der Waals surface area (Å²) >= 11 is 0. The van der Waals surface area contributed by atoms with Crippen LogP contribution in [0.3, 0.4) is 0 Å². The van der Waals surface area contributed by atoms with Crippen LogP contribution in [0, 0.1) is 0 Å². The van der Waals surface area contributed by atoms with Gasteiger partial charge in [0.1, 0.15) is 18.8 Å². The molecule has 0 spiro atoms. The number of amides is 3. The minimum absolute atomic E-state index is 0.0305. The molecule has 11 nitrogen and oxygen atoms in total. The number of hydrogen-bond donors (Lipinski definition) is 4. The van der Waals surface area contributed by atoms with Gasteiger partial charge in [-0.15, -0.1) is 0 Å². The van der Waals surface area contributed by atoms with Gasteiger partial charge < -0.3 is 40.2 Å². The second kappa shape index (κ2) is 16.9. The van der Waals surface area contributed by atoms with Crippen molar-refractivity contribution in [2.45, 2.75) is 49.2 Å². The summed E-state index contributed by atoms with van der Waals surface area (Å²) in [6.07, 6.45) is -1.44. The number of anilines is 1. The van der Waals surface area contributed by atoms with Crippen LogP contribution in [0.25, 0.3) is 0 Å². The first kappa shape index (κ1) is 33.8. The van der Waals surface area contributed by atoms with E-state index < -0.39 is 36.4 Å². The fraction of sp³-hybridized carbons (Fsp3) is 0.400. The van der Waals surface area contributed by atoms with Gasteiger partial charge in [-0.2, -0.15) is 0 Å². The Morgan fingerprint density at radius 2 is 1.60 bits per heavy atom. The number of para-hydroxylation sites is 1. The first-order valence-corrected chi connectivity index (χ1v) is 15.7. The van der Waals surface area contributed by atoms with E-state index in [1.165, 1.54) is 7.11 Å². The summed E-state index contributed by atoms with van der Waals surface area (Å²) in [5.74, 6) is -0.865. The molecule has 0 aliphatic carbocycles. The van der Waals surface area contributed by atoms with Crippen LogP contribution in [0.4, 0.5) is 19.7 Å². The second-order valence-electron chi connectivity index (χ2n) is 11.6. The molecule has 0 unspecified atom stereocenters. The average Bonchev–Trinajstić information content (AvgIpc) is 3.51. The molecule has 0 aromatic heterocycles. The number of hydrogen-bond acceptors (Lipinski definition) is 8. The van der Waals surface area contributed by atoms with E-state index in [1.54, 1.807) is 0 Å². The maximum absolute atomic E-state index is 14.0. The molecule has 5 rings (SSSR count). The van der Waals surface area contributed by atoms with Crippen molar-refractivity contribution in [3.8, 4) is 0 Å². The van der Waals surface area contributed by atoms with Crippen molar-refractivity contribution in [1.29, 1.82) is 0 Å². The maximum atomic E-state index is 14.0. The Labute approximate surface area is 273 Å². The highest BCUT2D eigenvalue weighted by Crippen LogP contribution is 2.30. The van der Waals surface area contributed by atoms with Gasteiger partial charge >= 0.3 is 12.2 Å². The lowest BCUT2D eigenvalue weighted by molar-refractivity contribution is -0.118. The minimum Gasteiger partial charge on any atom is -0.453 e. The highest BCUT2D eigenvalue weighted by Gasteiger charge is 2.34. The molecule has 2 saturated heterocycles. The molecule has 0 saturated carbocycles. The van der Waals surface area contributed by atoms with Crippen molar-refractivity contribution in [3.63, 3.8) is 0 Å². The van der Waals surface area contributed by atoms with E-state index in [4.69, 9.17) is 18.9 Å². The molecular formula is C35H41FN4O7. The van der Waals surface area contributed by atoms with E-state index in [0.29, 0.717) is 31.7 Å². The molecule has 2 fully saturated rings. The standard InChI is InChI=1S/C35H41FN4O7/c1-44-34(42)40-32(31(24-11-4-2-5-12-24)25-13-6-3-7-14-25)33(41)38-29-15-9-8-10-23(29)16-17-27-18-37-26(19-46-27)20-47-35(43)39-30-22-45-21-28(30)36/h2-15,26-28,30-32,37H,16-22H2,1H3,(H,38,41)(H,39,43)(H,40,42)/t26-,27+,28-,30-,32-/m0/s1. The average molecular weight is 649 g/mol. The van der Waals surface area contributed by atoms with Crippen LogP contribution >= 0.6 is 0 Å². The van der Waals surface area contributed by atoms with Gasteiger partial charge in [-0.3, -0.25) is 4.79 Å². The van der Waals surface area contributed by atoms with E-state index in [0.717, 1.165) is 16.7 Å². The molecule has 3 amide bonds. The van der Waals surface area contributed by atoms with E-state index in [1.807, 2.05) is 84.9 Å². The van der Waals surface area contributed by atoms with Crippen LogP contribution in [-0.4, -0.2) is 88.6 Å². The zero-order chi connectivity index (χ0) is 33.0. The summed E-state index contributed by atoms with van der Waals surface area (Å²) in [6.45, 7) is 1.08. The van der Waals surface area contributed by atoms with Crippen molar-refractivity contribution in [1.82, 2.24) is 16.0 Å². The number of halogens is 1. The number of carbonyl (C=O) groups excluding carboxylic acids is 3. The molecule has 4 N–H and O–H groups in total. The molecule has 0 bridgehead atoms. The highest BCUT2D eigenvalue weighted by molar-refractivity contribution is 5.98. The lowest BCUT2D eigenvalue weighted by Gasteiger charge is -2.30. The van der Waals surface area contributed by atoms with Crippen LogP contribution in [0.2, 0.25) is 0 Å². The fourth-order valence-electron chi connectivity index (χ4n) is 5.76. The van der Waals surface area contributed by atoms with Crippen LogP contribution in [-0.2, 0) is 30.2 Å². The Hall–Kier alpha value is -4.52. The van der Waals surface area contributed by atoms with Crippen molar-refractivity contribution in [2.75, 3.05) is 45.4 Å². The van der Waals surface area contributed by atoms with Crippen LogP contribution in [0.1, 0.15) is 29.0 Å². The van der Waals surface area contributed by atoms with Gasteiger partial charge in [-0.1, -0.05) is 78.9 Å². The number of aryl methyl sites for hydroxylation is 1. The van der Waals surface area contributed by atoms with E-state index in [2.05, 4.69) is 21.3 Å². The number of ether oxygens (including phenoxy) is 4. The first-order valence-electron chi connectivity index (χ1n) is 15.7. The minimum atomic E-state index is -1.24. The summed E-state index contributed by atoms with van der Waals surface area (Å²) in [6, 6.07) is 24.8. The van der Waals surface area contributed by atoms with E-state index in [9.17, 15) is 18.8 Å². The third kappa shape index (κ3) is 9.50. The third-order valence-electron chi connectivity index (χ3n) is 8.30. The Balaban J connectivity index is 1.18. The molecule has 3 aromatic rings. The molecule has 2 aliphatic rings. The lowest BCUT2D eigenvalue weighted by Crippen LogP contribution is -2.50. The number of rotatable bonds is 12. The maximum Gasteiger partial charge on any atom is 0.407 e. The van der Waals surface area contributed by atoms with E-state index in [-0.39, 0.29) is 37.9 Å².